The average Bonchev–Trinajstić information content (AvgIpc) is 2.87. The van der Waals surface area contributed by atoms with Crippen molar-refractivity contribution in [1.29, 1.82) is 0 Å². The van der Waals surface area contributed by atoms with E-state index in [0.717, 1.165) is 6.42 Å². The number of aromatic amines is 1. The Morgan fingerprint density at radius 1 is 1.63 bits per heavy atom. The molecule has 1 aromatic rings. The molecule has 0 saturated carbocycles. The number of hydrogen-bond acceptors (Lipinski definition) is 4. The third-order valence-electron chi connectivity index (χ3n) is 3.26. The highest BCUT2D eigenvalue weighted by Crippen LogP contribution is 2.18. The lowest BCUT2D eigenvalue weighted by atomic mass is 10.1. The molecule has 7 nitrogen and oxygen atoms in total. The molecule has 1 aromatic heterocycles. The minimum absolute atomic E-state index is 0.0398. The van der Waals surface area contributed by atoms with Crippen LogP contribution in [0.2, 0.25) is 0 Å². The van der Waals surface area contributed by atoms with Gasteiger partial charge in [-0.2, -0.15) is 0 Å². The highest BCUT2D eigenvalue weighted by Gasteiger charge is 2.33. The van der Waals surface area contributed by atoms with Crippen molar-refractivity contribution in [2.45, 2.75) is 32.4 Å². The second-order valence-corrected chi connectivity index (χ2v) is 4.59. The molecular weight excluding hydrogens is 250 g/mol. The van der Waals surface area contributed by atoms with Gasteiger partial charge in [0.1, 0.15) is 0 Å². The maximum absolute atomic E-state index is 12.4. The van der Waals surface area contributed by atoms with Gasteiger partial charge in [-0.25, -0.2) is 9.78 Å². The largest absolute Gasteiger partial charge is 0.477 e. The summed E-state index contributed by atoms with van der Waals surface area (Å²) in [6.07, 6.45) is 1.92. The van der Waals surface area contributed by atoms with E-state index >= 15 is 0 Å². The zero-order chi connectivity index (χ0) is 14.0. The lowest BCUT2D eigenvalue weighted by Crippen LogP contribution is -2.51. The lowest BCUT2D eigenvalue weighted by molar-refractivity contribution is -0.0446. The number of carbonyl (C=O) groups is 2. The number of rotatable bonds is 3. The number of carbonyl (C=O) groups excluding carboxylic acids is 1. The molecule has 2 unspecified atom stereocenters. The normalized spacial score (nSPS) is 23.4. The SMILES string of the molecule is CCC1COC(C)CN1C(=O)c1nc[nH]c1C(=O)O. The highest BCUT2D eigenvalue weighted by atomic mass is 16.5. The molecule has 1 fully saturated rings. The van der Waals surface area contributed by atoms with Crippen LogP contribution in [0.15, 0.2) is 6.33 Å². The fourth-order valence-corrected chi connectivity index (χ4v) is 2.19. The maximum Gasteiger partial charge on any atom is 0.354 e. The summed E-state index contributed by atoms with van der Waals surface area (Å²) in [7, 11) is 0. The van der Waals surface area contributed by atoms with E-state index in [-0.39, 0.29) is 29.4 Å². The molecule has 2 rings (SSSR count). The van der Waals surface area contributed by atoms with Crippen LogP contribution >= 0.6 is 0 Å². The Balaban J connectivity index is 2.26. The number of imidazole rings is 1. The summed E-state index contributed by atoms with van der Waals surface area (Å²) >= 11 is 0. The molecule has 1 aliphatic rings. The number of hydrogen-bond donors (Lipinski definition) is 2. The van der Waals surface area contributed by atoms with Crippen LogP contribution in [0.4, 0.5) is 0 Å². The molecule has 0 radical (unpaired) electrons. The van der Waals surface area contributed by atoms with Gasteiger partial charge in [-0.15, -0.1) is 0 Å². The molecule has 1 aliphatic heterocycles. The Morgan fingerprint density at radius 3 is 3.00 bits per heavy atom. The Kier molecular flexibility index (Phi) is 3.84. The van der Waals surface area contributed by atoms with Crippen molar-refractivity contribution in [2.24, 2.45) is 0 Å². The molecule has 1 saturated heterocycles. The molecule has 0 aliphatic carbocycles. The van der Waals surface area contributed by atoms with Gasteiger partial charge in [0.05, 0.1) is 25.1 Å². The van der Waals surface area contributed by atoms with Crippen molar-refractivity contribution in [1.82, 2.24) is 14.9 Å². The summed E-state index contributed by atoms with van der Waals surface area (Å²) in [6.45, 7) is 4.77. The van der Waals surface area contributed by atoms with Gasteiger partial charge in [-0.1, -0.05) is 6.92 Å². The van der Waals surface area contributed by atoms with E-state index in [1.54, 1.807) is 4.90 Å². The van der Waals surface area contributed by atoms with E-state index in [0.29, 0.717) is 13.2 Å². The number of carboxylic acid groups (broad SMARTS) is 1. The number of carboxylic acids is 1. The third-order valence-corrected chi connectivity index (χ3v) is 3.26. The average molecular weight is 267 g/mol. The Morgan fingerprint density at radius 2 is 2.37 bits per heavy atom. The second-order valence-electron chi connectivity index (χ2n) is 4.59. The molecule has 104 valence electrons. The molecule has 2 atom stereocenters. The van der Waals surface area contributed by atoms with Crippen molar-refractivity contribution >= 4 is 11.9 Å². The molecule has 7 heteroatoms. The molecule has 19 heavy (non-hydrogen) atoms. The minimum Gasteiger partial charge on any atom is -0.477 e. The molecule has 2 heterocycles. The van der Waals surface area contributed by atoms with Gasteiger partial charge in [-0.3, -0.25) is 4.79 Å². The molecule has 0 aromatic carbocycles. The number of amides is 1. The quantitative estimate of drug-likeness (QED) is 0.842. The predicted molar refractivity (Wildman–Crippen MR) is 66.1 cm³/mol. The first-order valence-corrected chi connectivity index (χ1v) is 6.23. The van der Waals surface area contributed by atoms with E-state index in [1.807, 2.05) is 13.8 Å². The van der Waals surface area contributed by atoms with Crippen LogP contribution < -0.4 is 0 Å². The lowest BCUT2D eigenvalue weighted by Gasteiger charge is -2.38. The molecular formula is C12H17N3O4. The standard InChI is InChI=1S/C12H17N3O4/c1-3-8-5-19-7(2)4-15(8)11(16)9-10(12(17)18)14-6-13-9/h6-8H,3-5H2,1-2H3,(H,13,14)(H,17,18). The van der Waals surface area contributed by atoms with Crippen molar-refractivity contribution < 1.29 is 19.4 Å². The first-order valence-electron chi connectivity index (χ1n) is 6.23. The fourth-order valence-electron chi connectivity index (χ4n) is 2.19. The van der Waals surface area contributed by atoms with E-state index < -0.39 is 5.97 Å². The summed E-state index contributed by atoms with van der Waals surface area (Å²) < 4.78 is 5.52. The summed E-state index contributed by atoms with van der Waals surface area (Å²) in [5, 5.41) is 9.01. The van der Waals surface area contributed by atoms with Crippen LogP contribution in [0.1, 0.15) is 41.2 Å². The number of aromatic carboxylic acids is 1. The van der Waals surface area contributed by atoms with Crippen LogP contribution in [0.25, 0.3) is 0 Å². The van der Waals surface area contributed by atoms with Gasteiger partial charge in [0.25, 0.3) is 5.91 Å². The van der Waals surface area contributed by atoms with E-state index in [9.17, 15) is 9.59 Å². The number of H-pyrrole nitrogens is 1. The predicted octanol–water partition coefficient (Wildman–Crippen LogP) is 0.747. The number of nitrogens with one attached hydrogen (secondary N) is 1. The molecule has 2 N–H and O–H groups in total. The van der Waals surface area contributed by atoms with Crippen LogP contribution in [0.3, 0.4) is 0 Å². The smallest absolute Gasteiger partial charge is 0.354 e. The zero-order valence-corrected chi connectivity index (χ0v) is 10.9. The molecule has 0 bridgehead atoms. The monoisotopic (exact) mass is 267 g/mol. The third kappa shape index (κ3) is 2.60. The second kappa shape index (κ2) is 5.40. The van der Waals surface area contributed by atoms with Gasteiger partial charge >= 0.3 is 5.97 Å². The Bertz CT molecular complexity index is 485. The van der Waals surface area contributed by atoms with E-state index in [2.05, 4.69) is 9.97 Å². The van der Waals surface area contributed by atoms with Gasteiger partial charge in [-0.05, 0) is 13.3 Å². The Hall–Kier alpha value is -1.89. The van der Waals surface area contributed by atoms with Gasteiger partial charge in [0.15, 0.2) is 11.4 Å². The van der Waals surface area contributed by atoms with Gasteiger partial charge in [0.2, 0.25) is 0 Å². The maximum atomic E-state index is 12.4. The van der Waals surface area contributed by atoms with Crippen molar-refractivity contribution in [2.75, 3.05) is 13.2 Å². The number of nitrogens with zero attached hydrogens (tertiary/aromatic N) is 2. The topological polar surface area (TPSA) is 95.5 Å². The van der Waals surface area contributed by atoms with Crippen LogP contribution in [-0.2, 0) is 4.74 Å². The van der Waals surface area contributed by atoms with E-state index in [1.165, 1.54) is 6.33 Å². The zero-order valence-electron chi connectivity index (χ0n) is 10.9. The van der Waals surface area contributed by atoms with Crippen LogP contribution in [0.5, 0.6) is 0 Å². The highest BCUT2D eigenvalue weighted by molar-refractivity contribution is 6.02. The van der Waals surface area contributed by atoms with Gasteiger partial charge < -0.3 is 19.7 Å². The molecule has 0 spiro atoms. The van der Waals surface area contributed by atoms with Crippen molar-refractivity contribution in [3.05, 3.63) is 17.7 Å². The van der Waals surface area contributed by atoms with E-state index in [4.69, 9.17) is 9.84 Å². The first-order chi connectivity index (χ1) is 9.04. The first kappa shape index (κ1) is 13.5. The van der Waals surface area contributed by atoms with Crippen LogP contribution in [-0.4, -0.2) is 57.1 Å². The summed E-state index contributed by atoms with van der Waals surface area (Å²) in [5.74, 6) is -1.55. The fraction of sp³-hybridized carbons (Fsp3) is 0.583. The van der Waals surface area contributed by atoms with Crippen molar-refractivity contribution in [3.63, 3.8) is 0 Å². The number of morpholine rings is 1. The summed E-state index contributed by atoms with van der Waals surface area (Å²) in [4.78, 5) is 31.4. The summed E-state index contributed by atoms with van der Waals surface area (Å²) in [5.41, 5.74) is -0.209. The number of aromatic nitrogens is 2. The van der Waals surface area contributed by atoms with Gasteiger partial charge in [0, 0.05) is 6.54 Å². The Labute approximate surface area is 110 Å². The van der Waals surface area contributed by atoms with Crippen molar-refractivity contribution in [3.8, 4) is 0 Å². The summed E-state index contributed by atoms with van der Waals surface area (Å²) in [6, 6.07) is -0.0398. The van der Waals surface area contributed by atoms with Crippen LogP contribution in [0, 0.1) is 0 Å². The molecule has 1 amide bonds. The number of ether oxygens (including phenoxy) is 1. The minimum atomic E-state index is -1.18.